The molecule has 8 heteroatoms. The summed E-state index contributed by atoms with van der Waals surface area (Å²) in [5, 5.41) is 13.8. The quantitative estimate of drug-likeness (QED) is 0.814. The second-order valence-corrected chi connectivity index (χ2v) is 9.74. The minimum Gasteiger partial charge on any atom is -0.444 e. The van der Waals surface area contributed by atoms with Crippen LogP contribution in [0.2, 0.25) is 0 Å². The van der Waals surface area contributed by atoms with Crippen LogP contribution in [-0.4, -0.2) is 49.8 Å². The van der Waals surface area contributed by atoms with Crippen molar-refractivity contribution >= 4 is 22.4 Å². The van der Waals surface area contributed by atoms with Crippen LogP contribution in [-0.2, 0) is 27.1 Å². The highest BCUT2D eigenvalue weighted by Gasteiger charge is 2.42. The summed E-state index contributed by atoms with van der Waals surface area (Å²) < 4.78 is 17.1. The highest BCUT2D eigenvalue weighted by Crippen LogP contribution is 2.45. The number of rotatable bonds is 2. The Bertz CT molecular complexity index is 802. The van der Waals surface area contributed by atoms with Crippen molar-refractivity contribution in [1.29, 1.82) is 5.26 Å². The van der Waals surface area contributed by atoms with Gasteiger partial charge in [-0.1, -0.05) is 0 Å². The van der Waals surface area contributed by atoms with Crippen molar-refractivity contribution < 1.29 is 19.0 Å². The van der Waals surface area contributed by atoms with E-state index in [1.54, 1.807) is 11.3 Å². The average molecular weight is 406 g/mol. The number of anilines is 1. The van der Waals surface area contributed by atoms with E-state index >= 15 is 0 Å². The molecule has 4 rings (SSSR count). The topological polar surface area (TPSA) is 83.8 Å². The summed E-state index contributed by atoms with van der Waals surface area (Å²) in [6.45, 7) is 8.35. The van der Waals surface area contributed by atoms with Gasteiger partial charge >= 0.3 is 6.09 Å². The van der Waals surface area contributed by atoms with Crippen molar-refractivity contribution in [3.8, 4) is 6.07 Å². The minimum absolute atomic E-state index is 0.0216. The summed E-state index contributed by atoms with van der Waals surface area (Å²) in [6.07, 6.45) is 2.77. The van der Waals surface area contributed by atoms with Crippen LogP contribution in [0.4, 0.5) is 9.80 Å². The molecule has 0 unspecified atom stereocenters. The number of nitrogens with one attached hydrogen (secondary N) is 1. The van der Waals surface area contributed by atoms with Crippen molar-refractivity contribution in [1.82, 2.24) is 5.32 Å². The van der Waals surface area contributed by atoms with Crippen LogP contribution in [0.5, 0.6) is 0 Å². The van der Waals surface area contributed by atoms with Crippen LogP contribution in [0.15, 0.2) is 0 Å². The summed E-state index contributed by atoms with van der Waals surface area (Å²) >= 11 is 1.68. The molecule has 1 spiro atoms. The maximum Gasteiger partial charge on any atom is 0.407 e. The third-order valence-electron chi connectivity index (χ3n) is 5.38. The van der Waals surface area contributed by atoms with Crippen molar-refractivity contribution in [2.45, 2.75) is 63.9 Å². The maximum absolute atomic E-state index is 12.1. The summed E-state index contributed by atoms with van der Waals surface area (Å²) in [5.74, 6) is -0.492. The van der Waals surface area contributed by atoms with Gasteiger partial charge in [0.1, 0.15) is 16.7 Å². The Morgan fingerprint density at radius 3 is 2.82 bits per heavy atom. The SMILES string of the molecule is CC(C)(C)OC(=O)N[C@H]1CCN(c2sc3c(c2C#N)CCC2(C3)OCCO2)C1. The number of alkyl carbamates (subject to hydrolysis) is 1. The van der Waals surface area contributed by atoms with Crippen LogP contribution >= 0.6 is 11.3 Å². The Kier molecular flexibility index (Phi) is 5.02. The molecule has 1 N–H and O–H groups in total. The first-order valence-corrected chi connectivity index (χ1v) is 10.7. The summed E-state index contributed by atoms with van der Waals surface area (Å²) in [5.41, 5.74) is 1.42. The monoisotopic (exact) mass is 405 g/mol. The lowest BCUT2D eigenvalue weighted by Crippen LogP contribution is -2.40. The predicted octanol–water partition coefficient (Wildman–Crippen LogP) is 2.95. The number of hydrogen-bond donors (Lipinski definition) is 1. The third-order valence-corrected chi connectivity index (χ3v) is 6.67. The highest BCUT2D eigenvalue weighted by molar-refractivity contribution is 7.16. The second-order valence-electron chi connectivity index (χ2n) is 8.66. The van der Waals surface area contributed by atoms with Crippen molar-refractivity contribution in [3.63, 3.8) is 0 Å². The van der Waals surface area contributed by atoms with Crippen LogP contribution in [0, 0.1) is 11.3 Å². The van der Waals surface area contributed by atoms with E-state index in [0.29, 0.717) is 19.8 Å². The summed E-state index contributed by atoms with van der Waals surface area (Å²) in [4.78, 5) is 15.5. The molecule has 1 aliphatic carbocycles. The number of fused-ring (bicyclic) bond motifs is 1. The van der Waals surface area contributed by atoms with E-state index in [1.165, 1.54) is 4.88 Å². The van der Waals surface area contributed by atoms with Crippen molar-refractivity contribution in [3.05, 3.63) is 16.0 Å². The Labute approximate surface area is 169 Å². The average Bonchev–Trinajstić information content (AvgIpc) is 3.31. The Morgan fingerprint density at radius 2 is 2.14 bits per heavy atom. The molecule has 1 amide bonds. The lowest BCUT2D eigenvalue weighted by atomic mass is 9.91. The normalized spacial score (nSPS) is 23.5. The molecule has 0 aromatic carbocycles. The van der Waals surface area contributed by atoms with Gasteiger partial charge in [0.2, 0.25) is 0 Å². The molecular weight excluding hydrogens is 378 g/mol. The maximum atomic E-state index is 12.1. The van der Waals surface area contributed by atoms with Gasteiger partial charge in [-0.15, -0.1) is 11.3 Å². The molecule has 3 aliphatic rings. The van der Waals surface area contributed by atoms with Crippen LogP contribution in [0.3, 0.4) is 0 Å². The molecule has 1 aromatic rings. The van der Waals surface area contributed by atoms with E-state index < -0.39 is 11.4 Å². The number of hydrogen-bond acceptors (Lipinski definition) is 7. The molecule has 7 nitrogen and oxygen atoms in total. The molecule has 2 saturated heterocycles. The number of amides is 1. The first-order valence-electron chi connectivity index (χ1n) is 9.86. The molecule has 1 atom stereocenters. The Morgan fingerprint density at radius 1 is 1.39 bits per heavy atom. The smallest absolute Gasteiger partial charge is 0.407 e. The predicted molar refractivity (Wildman–Crippen MR) is 106 cm³/mol. The molecule has 28 heavy (non-hydrogen) atoms. The molecule has 2 aliphatic heterocycles. The largest absolute Gasteiger partial charge is 0.444 e. The lowest BCUT2D eigenvalue weighted by Gasteiger charge is -2.31. The number of nitrogens with zero attached hydrogens (tertiary/aromatic N) is 2. The fourth-order valence-corrected chi connectivity index (χ4v) is 5.59. The zero-order valence-electron chi connectivity index (χ0n) is 16.7. The number of nitriles is 1. The fraction of sp³-hybridized carbons (Fsp3) is 0.700. The van der Waals surface area contributed by atoms with Gasteiger partial charge in [0.05, 0.1) is 24.8 Å². The summed E-state index contributed by atoms with van der Waals surface area (Å²) in [7, 11) is 0. The van der Waals surface area contributed by atoms with E-state index in [-0.39, 0.29) is 12.1 Å². The molecule has 0 saturated carbocycles. The molecule has 0 radical (unpaired) electrons. The van der Waals surface area contributed by atoms with E-state index in [0.717, 1.165) is 48.4 Å². The third kappa shape index (κ3) is 3.84. The van der Waals surface area contributed by atoms with Crippen LogP contribution < -0.4 is 10.2 Å². The highest BCUT2D eigenvalue weighted by atomic mass is 32.1. The summed E-state index contributed by atoms with van der Waals surface area (Å²) in [6, 6.07) is 2.44. The van der Waals surface area contributed by atoms with E-state index in [4.69, 9.17) is 14.2 Å². The fourth-order valence-electron chi connectivity index (χ4n) is 4.17. The molecule has 1 aromatic heterocycles. The second kappa shape index (κ2) is 7.21. The van der Waals surface area contributed by atoms with Gasteiger partial charge in [0.25, 0.3) is 0 Å². The van der Waals surface area contributed by atoms with Gasteiger partial charge < -0.3 is 24.4 Å². The number of carbonyl (C=O) groups excluding carboxylic acids is 1. The van der Waals surface area contributed by atoms with Gasteiger partial charge in [-0.2, -0.15) is 5.26 Å². The first-order chi connectivity index (χ1) is 13.3. The first kappa shape index (κ1) is 19.5. The van der Waals surface area contributed by atoms with E-state index in [2.05, 4.69) is 16.3 Å². The zero-order chi connectivity index (χ0) is 19.9. The van der Waals surface area contributed by atoms with E-state index in [1.807, 2.05) is 20.8 Å². The van der Waals surface area contributed by atoms with Gasteiger partial charge in [-0.25, -0.2) is 4.79 Å². The van der Waals surface area contributed by atoms with Crippen molar-refractivity contribution in [2.75, 3.05) is 31.2 Å². The van der Waals surface area contributed by atoms with Gasteiger partial charge in [0, 0.05) is 30.8 Å². The standard InChI is InChI=1S/C20H27N3O4S/c1-19(2,3)27-18(24)22-13-5-7-23(12-13)17-15(11-21)14-4-6-20(10-16(14)28-17)25-8-9-26-20/h13H,4-10,12H2,1-3H3,(H,22,24)/t13-/m0/s1. The Hall–Kier alpha value is -1.82. The molecule has 152 valence electrons. The van der Waals surface area contributed by atoms with E-state index in [9.17, 15) is 10.1 Å². The molecular formula is C20H27N3O4S. The molecule has 0 bridgehead atoms. The van der Waals surface area contributed by atoms with Gasteiger partial charge in [-0.05, 0) is 39.2 Å². The number of thiophene rings is 1. The van der Waals surface area contributed by atoms with Crippen molar-refractivity contribution in [2.24, 2.45) is 0 Å². The Balaban J connectivity index is 1.46. The molecule has 3 heterocycles. The zero-order valence-corrected chi connectivity index (χ0v) is 17.5. The van der Waals surface area contributed by atoms with Gasteiger partial charge in [-0.3, -0.25) is 0 Å². The van der Waals surface area contributed by atoms with Crippen LogP contribution in [0.25, 0.3) is 0 Å². The molecule has 2 fully saturated rings. The van der Waals surface area contributed by atoms with Gasteiger partial charge in [0.15, 0.2) is 5.79 Å². The minimum atomic E-state index is -0.510. The lowest BCUT2D eigenvalue weighted by molar-refractivity contribution is -0.163. The number of ether oxygens (including phenoxy) is 3. The number of carbonyl (C=O) groups is 1. The van der Waals surface area contributed by atoms with Crippen LogP contribution in [0.1, 0.15) is 49.6 Å².